The lowest BCUT2D eigenvalue weighted by molar-refractivity contribution is -0.123. The molecular weight excluding hydrogens is 230 g/mol. The highest BCUT2D eigenvalue weighted by molar-refractivity contribution is 5.93. The van der Waals surface area contributed by atoms with Gasteiger partial charge in [0.25, 0.3) is 5.91 Å². The Morgan fingerprint density at radius 2 is 2.33 bits per heavy atom. The summed E-state index contributed by atoms with van der Waals surface area (Å²) in [6.45, 7) is 4.48. The topological polar surface area (TPSA) is 62.3 Å². The lowest BCUT2D eigenvalue weighted by atomic mass is 10.1. The van der Waals surface area contributed by atoms with Gasteiger partial charge in [-0.1, -0.05) is 12.6 Å². The summed E-state index contributed by atoms with van der Waals surface area (Å²) in [4.78, 5) is 29.4. The highest BCUT2D eigenvalue weighted by atomic mass is 16.2. The summed E-state index contributed by atoms with van der Waals surface area (Å²) in [7, 11) is 0. The van der Waals surface area contributed by atoms with Crippen LogP contribution in [0.4, 0.5) is 0 Å². The van der Waals surface area contributed by atoms with E-state index in [9.17, 15) is 9.59 Å². The lowest BCUT2D eigenvalue weighted by Crippen LogP contribution is -2.33. The number of nitrogens with one attached hydrogen (secondary N) is 1. The number of carbonyl (C=O) groups is 2. The van der Waals surface area contributed by atoms with Crippen LogP contribution >= 0.6 is 0 Å². The van der Waals surface area contributed by atoms with Gasteiger partial charge in [-0.25, -0.2) is 0 Å². The first kappa shape index (κ1) is 12.3. The monoisotopic (exact) mass is 245 g/mol. The van der Waals surface area contributed by atoms with Crippen molar-refractivity contribution in [3.63, 3.8) is 0 Å². The molecule has 1 aromatic rings. The Morgan fingerprint density at radius 3 is 3.00 bits per heavy atom. The van der Waals surface area contributed by atoms with Gasteiger partial charge in [0.05, 0.1) is 5.92 Å². The summed E-state index contributed by atoms with van der Waals surface area (Å²) < 4.78 is 0. The number of carbonyl (C=O) groups excluding carboxylic acids is 2. The van der Waals surface area contributed by atoms with Crippen LogP contribution < -0.4 is 5.32 Å². The van der Waals surface area contributed by atoms with Crippen LogP contribution in [0.5, 0.6) is 0 Å². The smallest absolute Gasteiger partial charge is 0.272 e. The molecule has 0 spiro atoms. The number of hydrogen-bond donors (Lipinski definition) is 1. The number of hydrogen-bond acceptors (Lipinski definition) is 3. The standard InChI is InChI=1S/C13H15N3O2/c1-2-14-12(17)10-6-8-16(9-10)13(18)11-5-3-4-7-15-11/h2-5,7,10H,1,6,8-9H2,(H,14,17). The second kappa shape index (κ2) is 5.44. The minimum absolute atomic E-state index is 0.0821. The quantitative estimate of drug-likeness (QED) is 0.857. The summed E-state index contributed by atoms with van der Waals surface area (Å²) in [5.74, 6) is -0.360. The van der Waals surface area contributed by atoms with Crippen molar-refractivity contribution in [2.24, 2.45) is 5.92 Å². The van der Waals surface area contributed by atoms with Crippen LogP contribution in [0.3, 0.4) is 0 Å². The van der Waals surface area contributed by atoms with Gasteiger partial charge in [-0.3, -0.25) is 14.6 Å². The molecule has 18 heavy (non-hydrogen) atoms. The van der Waals surface area contributed by atoms with Crippen LogP contribution in [0.25, 0.3) is 0 Å². The molecule has 1 atom stereocenters. The van der Waals surface area contributed by atoms with Gasteiger partial charge in [-0.15, -0.1) is 0 Å². The number of rotatable bonds is 3. The molecule has 2 amide bonds. The van der Waals surface area contributed by atoms with Gasteiger partial charge in [0.2, 0.25) is 5.91 Å². The Hall–Kier alpha value is -2.17. The van der Waals surface area contributed by atoms with Gasteiger partial charge in [-0.2, -0.15) is 0 Å². The lowest BCUT2D eigenvalue weighted by Gasteiger charge is -2.15. The Bertz CT molecular complexity index is 459. The number of aromatic nitrogens is 1. The number of amides is 2. The average Bonchev–Trinajstić information content (AvgIpc) is 2.89. The molecule has 1 fully saturated rings. The molecule has 1 aliphatic heterocycles. The van der Waals surface area contributed by atoms with Crippen LogP contribution in [0.15, 0.2) is 37.2 Å². The predicted molar refractivity (Wildman–Crippen MR) is 66.6 cm³/mol. The van der Waals surface area contributed by atoms with E-state index in [0.717, 1.165) is 0 Å². The van der Waals surface area contributed by atoms with Crippen molar-refractivity contribution in [1.82, 2.24) is 15.2 Å². The number of likely N-dealkylation sites (tertiary alicyclic amines) is 1. The van der Waals surface area contributed by atoms with Crippen molar-refractivity contribution in [2.45, 2.75) is 6.42 Å². The summed E-state index contributed by atoms with van der Waals surface area (Å²) in [6.07, 6.45) is 3.63. The summed E-state index contributed by atoms with van der Waals surface area (Å²) in [6, 6.07) is 5.22. The zero-order valence-corrected chi connectivity index (χ0v) is 10.0. The van der Waals surface area contributed by atoms with Crippen LogP contribution in [0, 0.1) is 5.92 Å². The van der Waals surface area contributed by atoms with Gasteiger partial charge in [0.15, 0.2) is 0 Å². The molecule has 0 aliphatic carbocycles. The predicted octanol–water partition coefficient (Wildman–Crippen LogP) is 0.803. The van der Waals surface area contributed by atoms with E-state index in [0.29, 0.717) is 25.2 Å². The Labute approximate surface area is 106 Å². The minimum Gasteiger partial charge on any atom is -0.336 e. The number of nitrogens with zero attached hydrogens (tertiary/aromatic N) is 2. The average molecular weight is 245 g/mol. The molecule has 5 heteroatoms. The first-order chi connectivity index (χ1) is 8.72. The molecule has 2 rings (SSSR count). The normalized spacial score (nSPS) is 18.4. The highest BCUT2D eigenvalue weighted by Crippen LogP contribution is 2.18. The van der Waals surface area contributed by atoms with E-state index < -0.39 is 0 Å². The van der Waals surface area contributed by atoms with Crippen molar-refractivity contribution in [3.05, 3.63) is 42.9 Å². The van der Waals surface area contributed by atoms with Gasteiger partial charge in [0.1, 0.15) is 5.69 Å². The summed E-state index contributed by atoms with van der Waals surface area (Å²) in [5, 5.41) is 2.56. The third-order valence-electron chi connectivity index (χ3n) is 2.97. The molecular formula is C13H15N3O2. The van der Waals surface area contributed by atoms with Crippen LogP contribution in [0.1, 0.15) is 16.9 Å². The minimum atomic E-state index is -0.157. The molecule has 1 aromatic heterocycles. The van der Waals surface area contributed by atoms with Crippen molar-refractivity contribution >= 4 is 11.8 Å². The molecule has 1 aliphatic rings. The van der Waals surface area contributed by atoms with Gasteiger partial charge < -0.3 is 10.2 Å². The van der Waals surface area contributed by atoms with E-state index in [1.54, 1.807) is 29.3 Å². The number of pyridine rings is 1. The van der Waals surface area contributed by atoms with E-state index in [2.05, 4.69) is 16.9 Å². The van der Waals surface area contributed by atoms with Crippen molar-refractivity contribution in [1.29, 1.82) is 0 Å². The second-order valence-corrected chi connectivity index (χ2v) is 4.16. The molecule has 1 N–H and O–H groups in total. The molecule has 0 radical (unpaired) electrons. The van der Waals surface area contributed by atoms with E-state index in [1.807, 2.05) is 0 Å². The Kier molecular flexibility index (Phi) is 3.72. The summed E-state index contributed by atoms with van der Waals surface area (Å²) >= 11 is 0. The van der Waals surface area contributed by atoms with Gasteiger partial charge in [0, 0.05) is 19.3 Å². The maximum atomic E-state index is 12.1. The largest absolute Gasteiger partial charge is 0.336 e. The maximum Gasteiger partial charge on any atom is 0.272 e. The van der Waals surface area contributed by atoms with Crippen molar-refractivity contribution < 1.29 is 9.59 Å². The molecule has 5 nitrogen and oxygen atoms in total. The highest BCUT2D eigenvalue weighted by Gasteiger charge is 2.31. The fraction of sp³-hybridized carbons (Fsp3) is 0.308. The van der Waals surface area contributed by atoms with E-state index >= 15 is 0 Å². The zero-order valence-electron chi connectivity index (χ0n) is 10.0. The third kappa shape index (κ3) is 2.56. The maximum absolute atomic E-state index is 12.1. The molecule has 1 saturated heterocycles. The van der Waals surface area contributed by atoms with E-state index in [4.69, 9.17) is 0 Å². The fourth-order valence-corrected chi connectivity index (χ4v) is 2.03. The van der Waals surface area contributed by atoms with Crippen molar-refractivity contribution in [2.75, 3.05) is 13.1 Å². The van der Waals surface area contributed by atoms with Crippen molar-refractivity contribution in [3.8, 4) is 0 Å². The van der Waals surface area contributed by atoms with E-state index in [-0.39, 0.29) is 17.7 Å². The van der Waals surface area contributed by atoms with Gasteiger partial charge >= 0.3 is 0 Å². The Balaban J connectivity index is 1.99. The third-order valence-corrected chi connectivity index (χ3v) is 2.97. The second-order valence-electron chi connectivity index (χ2n) is 4.16. The van der Waals surface area contributed by atoms with Gasteiger partial charge in [-0.05, 0) is 24.8 Å². The summed E-state index contributed by atoms with van der Waals surface area (Å²) in [5.41, 5.74) is 0.419. The first-order valence-electron chi connectivity index (χ1n) is 5.84. The molecule has 0 saturated carbocycles. The molecule has 2 heterocycles. The van der Waals surface area contributed by atoms with Crippen LogP contribution in [0.2, 0.25) is 0 Å². The first-order valence-corrected chi connectivity index (χ1v) is 5.84. The fourth-order valence-electron chi connectivity index (χ4n) is 2.03. The Morgan fingerprint density at radius 1 is 1.50 bits per heavy atom. The van der Waals surface area contributed by atoms with E-state index in [1.165, 1.54) is 6.20 Å². The molecule has 1 unspecified atom stereocenters. The molecule has 0 aromatic carbocycles. The zero-order chi connectivity index (χ0) is 13.0. The van der Waals surface area contributed by atoms with Crippen LogP contribution in [-0.2, 0) is 4.79 Å². The molecule has 0 bridgehead atoms. The molecule has 94 valence electrons. The SMILES string of the molecule is C=CNC(=O)C1CCN(C(=O)c2ccccn2)C1. The van der Waals surface area contributed by atoms with Crippen LogP contribution in [-0.4, -0.2) is 34.8 Å².